The number of ether oxygens (including phenoxy) is 1. The van der Waals surface area contributed by atoms with E-state index in [1.165, 1.54) is 27.8 Å². The lowest BCUT2D eigenvalue weighted by Gasteiger charge is -2.17. The van der Waals surface area contributed by atoms with Crippen LogP contribution in [-0.2, 0) is 0 Å². The lowest BCUT2D eigenvalue weighted by Crippen LogP contribution is -1.96. The molecule has 0 N–H and O–H groups in total. The Labute approximate surface area is 158 Å². The maximum atomic E-state index is 5.32. The Kier molecular flexibility index (Phi) is 6.08. The molecule has 0 fully saturated rings. The van der Waals surface area contributed by atoms with Gasteiger partial charge in [-0.15, -0.1) is 0 Å². The highest BCUT2D eigenvalue weighted by molar-refractivity contribution is 9.09. The predicted octanol–water partition coefficient (Wildman–Crippen LogP) is 6.44. The van der Waals surface area contributed by atoms with E-state index in [9.17, 15) is 0 Å². The molecule has 0 spiro atoms. The fourth-order valence-corrected chi connectivity index (χ4v) is 3.42. The Morgan fingerprint density at radius 3 is 1.76 bits per heavy atom. The maximum absolute atomic E-state index is 5.32. The number of rotatable bonds is 6. The third-order valence-electron chi connectivity index (χ3n) is 4.21. The third kappa shape index (κ3) is 4.21. The molecule has 0 aliphatic rings. The molecule has 0 heterocycles. The largest absolute Gasteiger partial charge is 0.497 e. The smallest absolute Gasteiger partial charge is 0.118 e. The second-order valence-electron chi connectivity index (χ2n) is 5.75. The van der Waals surface area contributed by atoms with E-state index >= 15 is 0 Å². The molecular weight excluding hydrogens is 372 g/mol. The molecule has 0 aliphatic heterocycles. The number of methoxy groups -OCH3 is 1. The van der Waals surface area contributed by atoms with Crippen LogP contribution in [0.25, 0.3) is 11.1 Å². The van der Waals surface area contributed by atoms with Gasteiger partial charge in [-0.1, -0.05) is 88.7 Å². The van der Waals surface area contributed by atoms with Crippen molar-refractivity contribution in [2.45, 2.75) is 6.42 Å². The molecule has 0 aromatic heterocycles. The second kappa shape index (κ2) is 8.68. The van der Waals surface area contributed by atoms with Gasteiger partial charge in [0.1, 0.15) is 5.75 Å². The third-order valence-corrected chi connectivity index (χ3v) is 4.61. The molecule has 126 valence electrons. The van der Waals surface area contributed by atoms with Crippen LogP contribution in [0, 0.1) is 0 Å². The van der Waals surface area contributed by atoms with Gasteiger partial charge >= 0.3 is 0 Å². The maximum Gasteiger partial charge on any atom is 0.118 e. The Morgan fingerprint density at radius 2 is 1.24 bits per heavy atom. The zero-order valence-electron chi connectivity index (χ0n) is 14.3. The molecule has 3 aromatic carbocycles. The first kappa shape index (κ1) is 17.5. The fourth-order valence-electron chi connectivity index (χ4n) is 3.03. The highest BCUT2D eigenvalue weighted by Gasteiger charge is 2.13. The van der Waals surface area contributed by atoms with Gasteiger partial charge in [-0.25, -0.2) is 0 Å². The van der Waals surface area contributed by atoms with Crippen molar-refractivity contribution in [2.24, 2.45) is 0 Å². The lowest BCUT2D eigenvalue weighted by atomic mass is 9.88. The van der Waals surface area contributed by atoms with Crippen molar-refractivity contribution in [2.75, 3.05) is 12.4 Å². The summed E-state index contributed by atoms with van der Waals surface area (Å²) in [5.74, 6) is 0.873. The molecule has 25 heavy (non-hydrogen) atoms. The second-order valence-corrected chi connectivity index (χ2v) is 6.55. The first-order valence-corrected chi connectivity index (χ1v) is 9.50. The van der Waals surface area contributed by atoms with E-state index < -0.39 is 0 Å². The topological polar surface area (TPSA) is 9.23 Å². The fraction of sp³-hybridized carbons (Fsp3) is 0.130. The standard InChI is InChI=1S/C23H21BrO/c1-25-21-14-12-20(13-15-21)23(19-10-6-3-7-11-19)22(16-17-24)18-8-4-2-5-9-18/h2-15H,16-17H2,1H3/b23-22+. The minimum atomic E-state index is 0.873. The van der Waals surface area contributed by atoms with Crippen molar-refractivity contribution >= 4 is 27.1 Å². The quantitative estimate of drug-likeness (QED) is 0.346. The average Bonchev–Trinajstić information content (AvgIpc) is 2.69. The van der Waals surface area contributed by atoms with Crippen LogP contribution in [-0.4, -0.2) is 12.4 Å². The number of alkyl halides is 1. The van der Waals surface area contributed by atoms with Crippen molar-refractivity contribution in [3.63, 3.8) is 0 Å². The van der Waals surface area contributed by atoms with E-state index in [4.69, 9.17) is 4.74 Å². The van der Waals surface area contributed by atoms with Gasteiger partial charge in [0.25, 0.3) is 0 Å². The van der Waals surface area contributed by atoms with Crippen LogP contribution in [0.5, 0.6) is 5.75 Å². The number of halogens is 1. The number of hydrogen-bond acceptors (Lipinski definition) is 1. The van der Waals surface area contributed by atoms with Gasteiger partial charge in [-0.05, 0) is 46.4 Å². The van der Waals surface area contributed by atoms with Crippen LogP contribution >= 0.6 is 15.9 Å². The Hall–Kier alpha value is -2.32. The summed E-state index contributed by atoms with van der Waals surface area (Å²) in [6.45, 7) is 0. The zero-order chi connectivity index (χ0) is 17.5. The molecule has 3 rings (SSSR count). The predicted molar refractivity (Wildman–Crippen MR) is 110 cm³/mol. The van der Waals surface area contributed by atoms with Gasteiger partial charge < -0.3 is 4.74 Å². The summed E-state index contributed by atoms with van der Waals surface area (Å²) in [4.78, 5) is 0. The summed E-state index contributed by atoms with van der Waals surface area (Å²) in [6.07, 6.45) is 0.959. The highest BCUT2D eigenvalue weighted by atomic mass is 79.9. The van der Waals surface area contributed by atoms with Crippen LogP contribution in [0.3, 0.4) is 0 Å². The molecule has 0 radical (unpaired) electrons. The van der Waals surface area contributed by atoms with Crippen molar-refractivity contribution in [1.82, 2.24) is 0 Å². The van der Waals surface area contributed by atoms with E-state index in [0.29, 0.717) is 0 Å². The van der Waals surface area contributed by atoms with Crippen LogP contribution in [0.15, 0.2) is 84.9 Å². The normalized spacial score (nSPS) is 11.8. The van der Waals surface area contributed by atoms with Gasteiger partial charge in [0.2, 0.25) is 0 Å². The summed E-state index contributed by atoms with van der Waals surface area (Å²) in [6, 6.07) is 29.5. The van der Waals surface area contributed by atoms with E-state index in [1.807, 2.05) is 12.1 Å². The van der Waals surface area contributed by atoms with E-state index in [1.54, 1.807) is 7.11 Å². The van der Waals surface area contributed by atoms with Gasteiger partial charge in [-0.2, -0.15) is 0 Å². The summed E-state index contributed by atoms with van der Waals surface area (Å²) >= 11 is 3.63. The molecule has 1 nitrogen and oxygen atoms in total. The van der Waals surface area contributed by atoms with Gasteiger partial charge in [0.05, 0.1) is 7.11 Å². The minimum Gasteiger partial charge on any atom is -0.497 e. The SMILES string of the molecule is COc1ccc(/C(=C(\CCBr)c2ccccc2)c2ccccc2)cc1. The number of benzene rings is 3. The monoisotopic (exact) mass is 392 g/mol. The van der Waals surface area contributed by atoms with Crippen LogP contribution < -0.4 is 4.74 Å². The number of allylic oxidation sites excluding steroid dienone is 1. The highest BCUT2D eigenvalue weighted by Crippen LogP contribution is 2.35. The Bertz CT molecular complexity index is 821. The Morgan fingerprint density at radius 1 is 0.720 bits per heavy atom. The van der Waals surface area contributed by atoms with Gasteiger partial charge in [-0.3, -0.25) is 0 Å². The summed E-state index contributed by atoms with van der Waals surface area (Å²) < 4.78 is 5.32. The molecule has 0 saturated carbocycles. The molecular formula is C23H21BrO. The molecule has 0 bridgehead atoms. The molecule has 0 saturated heterocycles. The molecule has 0 unspecified atom stereocenters. The molecule has 0 atom stereocenters. The zero-order valence-corrected chi connectivity index (χ0v) is 15.9. The molecule has 2 heteroatoms. The lowest BCUT2D eigenvalue weighted by molar-refractivity contribution is 0.415. The van der Waals surface area contributed by atoms with E-state index in [0.717, 1.165) is 17.5 Å². The minimum absolute atomic E-state index is 0.873. The van der Waals surface area contributed by atoms with Crippen LogP contribution in [0.2, 0.25) is 0 Å². The summed E-state index contributed by atoms with van der Waals surface area (Å²) in [7, 11) is 1.70. The van der Waals surface area contributed by atoms with Gasteiger partial charge in [0.15, 0.2) is 0 Å². The van der Waals surface area contributed by atoms with Crippen molar-refractivity contribution < 1.29 is 4.74 Å². The summed E-state index contributed by atoms with van der Waals surface area (Å²) in [5.41, 5.74) is 6.30. The summed E-state index contributed by atoms with van der Waals surface area (Å²) in [5, 5.41) is 0.920. The molecule has 0 aliphatic carbocycles. The number of hydrogen-bond donors (Lipinski definition) is 0. The van der Waals surface area contributed by atoms with Crippen molar-refractivity contribution in [3.05, 3.63) is 102 Å². The first-order chi connectivity index (χ1) is 12.3. The van der Waals surface area contributed by atoms with Crippen LogP contribution in [0.1, 0.15) is 23.1 Å². The van der Waals surface area contributed by atoms with Crippen LogP contribution in [0.4, 0.5) is 0 Å². The van der Waals surface area contributed by atoms with Crippen molar-refractivity contribution in [3.8, 4) is 5.75 Å². The van der Waals surface area contributed by atoms with E-state index in [-0.39, 0.29) is 0 Å². The van der Waals surface area contributed by atoms with Gasteiger partial charge in [0, 0.05) is 5.33 Å². The first-order valence-electron chi connectivity index (χ1n) is 8.38. The van der Waals surface area contributed by atoms with E-state index in [2.05, 4.69) is 88.7 Å². The molecule has 3 aromatic rings. The molecule has 0 amide bonds. The average molecular weight is 393 g/mol. The Balaban J connectivity index is 2.23. The van der Waals surface area contributed by atoms with Crippen molar-refractivity contribution in [1.29, 1.82) is 0 Å².